The van der Waals surface area contributed by atoms with E-state index in [-0.39, 0.29) is 6.61 Å². The summed E-state index contributed by atoms with van der Waals surface area (Å²) in [6.45, 7) is 1.72. The number of carboxylic acid groups (broad SMARTS) is 1. The van der Waals surface area contributed by atoms with Crippen LogP contribution in [0.2, 0.25) is 0 Å². The summed E-state index contributed by atoms with van der Waals surface area (Å²) in [7, 11) is 2.18. The van der Waals surface area contributed by atoms with Crippen LogP contribution in [-0.4, -0.2) is 65.5 Å². The fourth-order valence-electron chi connectivity index (χ4n) is 5.23. The van der Waals surface area contributed by atoms with E-state index in [9.17, 15) is 20.1 Å². The minimum absolute atomic E-state index is 0.139. The quantitative estimate of drug-likeness (QED) is 0.527. The first-order valence-corrected chi connectivity index (χ1v) is 9.51. The number of quaternary nitrogens is 1. The Kier molecular flexibility index (Phi) is 4.37. The van der Waals surface area contributed by atoms with Crippen LogP contribution >= 0.6 is 0 Å². The van der Waals surface area contributed by atoms with Crippen LogP contribution in [0.25, 0.3) is 10.9 Å². The van der Waals surface area contributed by atoms with Crippen molar-refractivity contribution in [3.05, 3.63) is 47.2 Å². The highest BCUT2D eigenvalue weighted by Crippen LogP contribution is 2.46. The van der Waals surface area contributed by atoms with E-state index in [1.807, 2.05) is 24.3 Å². The molecule has 0 amide bonds. The molecular formula is C21H26N2O4. The van der Waals surface area contributed by atoms with Gasteiger partial charge in [-0.2, -0.15) is 0 Å². The number of aromatic amines is 1. The Morgan fingerprint density at radius 1 is 1.37 bits per heavy atom. The van der Waals surface area contributed by atoms with Gasteiger partial charge in [0.05, 0.1) is 44.7 Å². The van der Waals surface area contributed by atoms with Gasteiger partial charge in [0.2, 0.25) is 0 Å². The number of benzene rings is 1. The molecule has 5 rings (SSSR count). The van der Waals surface area contributed by atoms with Crippen molar-refractivity contribution >= 4 is 16.9 Å². The van der Waals surface area contributed by atoms with Crippen molar-refractivity contribution in [3.63, 3.8) is 0 Å². The Hall–Kier alpha value is -2.15. The van der Waals surface area contributed by atoms with E-state index in [0.29, 0.717) is 18.7 Å². The molecule has 2 bridgehead atoms. The van der Waals surface area contributed by atoms with E-state index in [1.165, 1.54) is 0 Å². The summed E-state index contributed by atoms with van der Waals surface area (Å²) in [6, 6.07) is 7.80. The third-order valence-corrected chi connectivity index (χ3v) is 6.69. The monoisotopic (exact) mass is 370 g/mol. The largest absolute Gasteiger partial charge is 0.549 e. The van der Waals surface area contributed by atoms with Gasteiger partial charge in [-0.3, -0.25) is 0 Å². The Bertz CT molecular complexity index is 918. The number of carboxylic acids is 1. The van der Waals surface area contributed by atoms with Gasteiger partial charge in [-0.05, 0) is 17.2 Å². The van der Waals surface area contributed by atoms with Gasteiger partial charge < -0.3 is 29.6 Å². The van der Waals surface area contributed by atoms with E-state index in [2.05, 4.69) is 12.0 Å². The number of likely N-dealkylation sites (N-methyl/N-ethyl adjacent to an activating group) is 1. The first-order valence-electron chi connectivity index (χ1n) is 9.51. The third-order valence-electron chi connectivity index (χ3n) is 6.69. The molecular weight excluding hydrogens is 344 g/mol. The number of hydrogen-bond donors (Lipinski definition) is 3. The van der Waals surface area contributed by atoms with Gasteiger partial charge in [0.25, 0.3) is 0 Å². The maximum atomic E-state index is 12.6. The topological polar surface area (TPSA) is 96.4 Å². The predicted molar refractivity (Wildman–Crippen MR) is 99.8 cm³/mol. The van der Waals surface area contributed by atoms with Crippen molar-refractivity contribution in [2.45, 2.75) is 18.3 Å². The molecule has 3 atom stereocenters. The van der Waals surface area contributed by atoms with E-state index in [1.54, 1.807) is 6.08 Å². The van der Waals surface area contributed by atoms with Crippen LogP contribution < -0.4 is 5.11 Å². The number of nitrogens with one attached hydrogen (secondary N) is 1. The molecule has 1 aromatic carbocycles. The zero-order valence-corrected chi connectivity index (χ0v) is 15.6. The third kappa shape index (κ3) is 2.63. The van der Waals surface area contributed by atoms with Crippen LogP contribution in [0.3, 0.4) is 0 Å². The van der Waals surface area contributed by atoms with Crippen molar-refractivity contribution in [3.8, 4) is 0 Å². The molecule has 4 heterocycles. The summed E-state index contributed by atoms with van der Waals surface area (Å²) in [5.74, 6) is -1.67. The zero-order chi connectivity index (χ0) is 19.2. The van der Waals surface area contributed by atoms with Gasteiger partial charge in [-0.25, -0.2) is 0 Å². The molecule has 0 aliphatic carbocycles. The van der Waals surface area contributed by atoms with Crippen molar-refractivity contribution < 1.29 is 24.6 Å². The Morgan fingerprint density at radius 3 is 2.85 bits per heavy atom. The minimum atomic E-state index is -1.54. The summed E-state index contributed by atoms with van der Waals surface area (Å²) in [4.78, 5) is 15.9. The highest BCUT2D eigenvalue weighted by molar-refractivity contribution is 5.90. The summed E-state index contributed by atoms with van der Waals surface area (Å²) in [5.41, 5.74) is 1.77. The molecule has 2 aromatic rings. The SMILES string of the molecule is C[N@@+]12CCc3c([nH]c4ccccc34)[C@](CO)(C(=O)[O-])[C@@H](CC1)/C(=C\CO)C2. The number of aliphatic hydroxyl groups excluding tert-OH is 2. The lowest BCUT2D eigenvalue weighted by Crippen LogP contribution is -2.59. The minimum Gasteiger partial charge on any atom is -0.549 e. The first kappa shape index (κ1) is 18.2. The smallest absolute Gasteiger partial charge is 0.101 e. The van der Waals surface area contributed by atoms with Crippen LogP contribution in [0, 0.1) is 5.92 Å². The molecule has 1 aromatic heterocycles. The molecule has 1 fully saturated rings. The molecule has 6 heteroatoms. The van der Waals surface area contributed by atoms with Crippen molar-refractivity contribution in [1.29, 1.82) is 0 Å². The number of hydrogen-bond acceptors (Lipinski definition) is 4. The highest BCUT2D eigenvalue weighted by atomic mass is 16.4. The molecule has 0 unspecified atom stereocenters. The Balaban J connectivity index is 2.04. The Labute approximate surface area is 158 Å². The molecule has 3 aliphatic rings. The zero-order valence-electron chi connectivity index (χ0n) is 15.6. The van der Waals surface area contributed by atoms with Crippen LogP contribution in [0.15, 0.2) is 35.9 Å². The summed E-state index contributed by atoms with van der Waals surface area (Å²) in [5, 5.41) is 33.5. The lowest BCUT2D eigenvalue weighted by Gasteiger charge is -2.47. The normalized spacial score (nSPS) is 32.1. The second kappa shape index (κ2) is 6.48. The van der Waals surface area contributed by atoms with Gasteiger partial charge in [0.15, 0.2) is 0 Å². The lowest BCUT2D eigenvalue weighted by atomic mass is 9.66. The van der Waals surface area contributed by atoms with Gasteiger partial charge in [-0.1, -0.05) is 24.3 Å². The van der Waals surface area contributed by atoms with Gasteiger partial charge >= 0.3 is 0 Å². The average molecular weight is 370 g/mol. The molecule has 0 spiro atoms. The number of H-pyrrole nitrogens is 1. The first-order chi connectivity index (χ1) is 12.9. The van der Waals surface area contributed by atoms with Crippen LogP contribution in [0.4, 0.5) is 0 Å². The number of aliphatic hydroxyl groups is 2. The Morgan fingerprint density at radius 2 is 2.15 bits per heavy atom. The summed E-state index contributed by atoms with van der Waals surface area (Å²) >= 11 is 0. The number of rotatable bonds is 3. The summed E-state index contributed by atoms with van der Waals surface area (Å²) < 4.78 is 0.801. The summed E-state index contributed by atoms with van der Waals surface area (Å²) in [6.07, 6.45) is 3.08. The number of carbonyl (C=O) groups excluding carboxylic acids is 1. The molecule has 6 nitrogen and oxygen atoms in total. The van der Waals surface area contributed by atoms with Crippen LogP contribution in [0.1, 0.15) is 17.7 Å². The van der Waals surface area contributed by atoms with Crippen molar-refractivity contribution in [1.82, 2.24) is 4.98 Å². The van der Waals surface area contributed by atoms with Crippen LogP contribution in [0.5, 0.6) is 0 Å². The number of fused-ring (bicyclic) bond motifs is 4. The second-order valence-electron chi connectivity index (χ2n) is 8.22. The van der Waals surface area contributed by atoms with E-state index in [4.69, 9.17) is 0 Å². The maximum Gasteiger partial charge on any atom is 0.101 e. The van der Waals surface area contributed by atoms with E-state index >= 15 is 0 Å². The molecule has 3 N–H and O–H groups in total. The second-order valence-corrected chi connectivity index (χ2v) is 8.22. The highest BCUT2D eigenvalue weighted by Gasteiger charge is 2.51. The molecule has 27 heavy (non-hydrogen) atoms. The fourth-order valence-corrected chi connectivity index (χ4v) is 5.23. The van der Waals surface area contributed by atoms with Gasteiger partial charge in [0.1, 0.15) is 6.54 Å². The molecule has 144 valence electrons. The van der Waals surface area contributed by atoms with E-state index < -0.39 is 23.9 Å². The fraction of sp³-hybridized carbons (Fsp3) is 0.476. The number of aromatic nitrogens is 1. The van der Waals surface area contributed by atoms with Gasteiger partial charge in [-0.15, -0.1) is 0 Å². The maximum absolute atomic E-state index is 12.6. The van der Waals surface area contributed by atoms with Crippen LogP contribution in [-0.2, 0) is 16.6 Å². The van der Waals surface area contributed by atoms with E-state index in [0.717, 1.165) is 46.0 Å². The number of piperidine rings is 1. The molecule has 1 saturated heterocycles. The van der Waals surface area contributed by atoms with Gasteiger partial charge in [0, 0.05) is 35.4 Å². The number of carbonyl (C=O) groups is 1. The van der Waals surface area contributed by atoms with Crippen molar-refractivity contribution in [2.24, 2.45) is 5.92 Å². The number of nitrogens with zero attached hydrogens (tertiary/aromatic N) is 1. The molecule has 0 radical (unpaired) electrons. The number of aliphatic carboxylic acids is 1. The number of para-hydroxylation sites is 1. The lowest BCUT2D eigenvalue weighted by molar-refractivity contribution is -0.909. The molecule has 0 saturated carbocycles. The predicted octanol–water partition coefficient (Wildman–Crippen LogP) is 0.0892. The molecule has 3 aliphatic heterocycles. The van der Waals surface area contributed by atoms with Crippen molar-refractivity contribution in [2.75, 3.05) is 39.9 Å². The standard InChI is InChI=1S/C21H26N2O4/c1-23-9-6-16-15-4-2-3-5-18(15)22-19(16)21(13-25,20(26)27)17(7-10-23)14(12-23)8-11-24/h2-5,8,17,22,24-25H,6-7,9-13H2,1H3/b14-8-/t17-,21+,23+/m0/s1. The average Bonchev–Trinajstić information content (AvgIpc) is 3.03.